The van der Waals surface area contributed by atoms with Gasteiger partial charge in [-0.1, -0.05) is 23.7 Å². The molecule has 0 saturated carbocycles. The molecule has 202 valence electrons. The molecule has 15 heteroatoms. The van der Waals surface area contributed by atoms with Crippen LogP contribution in [-0.2, 0) is 19.2 Å². The van der Waals surface area contributed by atoms with Gasteiger partial charge in [-0.15, -0.1) is 0 Å². The Morgan fingerprint density at radius 1 is 0.842 bits per heavy atom. The molecular formula is C23H27ClN8O6. The van der Waals surface area contributed by atoms with Gasteiger partial charge < -0.3 is 10.6 Å². The van der Waals surface area contributed by atoms with Gasteiger partial charge >= 0.3 is 12.1 Å². The molecule has 2 heterocycles. The Balaban J connectivity index is 2.21. The number of nitrogens with zero attached hydrogens (tertiary/aromatic N) is 4. The Hall–Kier alpha value is -4.33. The number of benzene rings is 1. The van der Waals surface area contributed by atoms with Crippen molar-refractivity contribution >= 4 is 59.0 Å². The number of amides is 8. The van der Waals surface area contributed by atoms with Crippen LogP contribution in [-0.4, -0.2) is 98.4 Å². The highest BCUT2D eigenvalue weighted by molar-refractivity contribution is 6.30. The first-order valence-electron chi connectivity index (χ1n) is 11.4. The van der Waals surface area contributed by atoms with Crippen LogP contribution in [0.5, 0.6) is 0 Å². The lowest BCUT2D eigenvalue weighted by atomic mass is 9.73. The molecule has 0 bridgehead atoms. The molecule has 4 N–H and O–H groups in total. The maximum Gasteiger partial charge on any atom is 0.329 e. The predicted octanol–water partition coefficient (Wildman–Crippen LogP) is -0.692. The van der Waals surface area contributed by atoms with E-state index >= 15 is 0 Å². The van der Waals surface area contributed by atoms with E-state index in [1.54, 1.807) is 24.3 Å². The van der Waals surface area contributed by atoms with Gasteiger partial charge in [-0.05, 0) is 17.7 Å². The summed E-state index contributed by atoms with van der Waals surface area (Å²) in [7, 11) is 5.44. The van der Waals surface area contributed by atoms with Gasteiger partial charge in [-0.2, -0.15) is 0 Å². The highest BCUT2D eigenvalue weighted by Crippen LogP contribution is 2.39. The van der Waals surface area contributed by atoms with E-state index in [0.29, 0.717) is 10.6 Å². The topological polar surface area (TPSA) is 182 Å². The van der Waals surface area contributed by atoms with Crippen LogP contribution in [0.15, 0.2) is 34.3 Å². The minimum absolute atomic E-state index is 0.0499. The Bertz CT molecular complexity index is 1160. The number of carbonyl (C=O) groups is 6. The first-order chi connectivity index (χ1) is 18.1. The quantitative estimate of drug-likeness (QED) is 0.351. The number of aliphatic imine (C=N–C) groups is 2. The second kappa shape index (κ2) is 11.8. The summed E-state index contributed by atoms with van der Waals surface area (Å²) >= 11 is 6.09. The fraction of sp³-hybridized carbons (Fsp3) is 0.391. The fourth-order valence-corrected chi connectivity index (χ4v) is 4.45. The number of urea groups is 2. The highest BCUT2D eigenvalue weighted by atomic mass is 35.5. The zero-order valence-corrected chi connectivity index (χ0v) is 21.8. The number of rotatable bonds is 7. The molecule has 3 rings (SSSR count). The van der Waals surface area contributed by atoms with Gasteiger partial charge in [-0.25, -0.2) is 9.59 Å². The van der Waals surface area contributed by atoms with E-state index in [2.05, 4.69) is 31.3 Å². The number of hydrogen-bond donors (Lipinski definition) is 4. The normalized spacial score (nSPS) is 22.8. The van der Waals surface area contributed by atoms with E-state index in [1.807, 2.05) is 0 Å². The highest BCUT2D eigenvalue weighted by Gasteiger charge is 2.52. The molecule has 14 nitrogen and oxygen atoms in total. The Morgan fingerprint density at radius 2 is 1.24 bits per heavy atom. The molecule has 1 aromatic carbocycles. The zero-order valence-electron chi connectivity index (χ0n) is 21.1. The van der Waals surface area contributed by atoms with Gasteiger partial charge in [0, 0.05) is 39.1 Å². The largest absolute Gasteiger partial charge is 0.358 e. The van der Waals surface area contributed by atoms with Crippen LogP contribution in [0, 0.1) is 11.8 Å². The van der Waals surface area contributed by atoms with Crippen LogP contribution in [0.1, 0.15) is 11.5 Å². The summed E-state index contributed by atoms with van der Waals surface area (Å²) in [5.74, 6) is -6.55. The summed E-state index contributed by atoms with van der Waals surface area (Å²) in [5.41, 5.74) is 0.431. The molecule has 0 radical (unpaired) electrons. The average Bonchev–Trinajstić information content (AvgIpc) is 2.91. The van der Waals surface area contributed by atoms with Gasteiger partial charge in [0.15, 0.2) is 0 Å². The number of imide groups is 2. The van der Waals surface area contributed by atoms with Gasteiger partial charge in [0.1, 0.15) is 36.6 Å². The summed E-state index contributed by atoms with van der Waals surface area (Å²) in [6, 6.07) is 4.56. The third-order valence-corrected chi connectivity index (χ3v) is 6.48. The van der Waals surface area contributed by atoms with Gasteiger partial charge in [-0.3, -0.25) is 49.6 Å². The van der Waals surface area contributed by atoms with Crippen molar-refractivity contribution in [2.45, 2.75) is 5.92 Å². The maximum absolute atomic E-state index is 13.8. The molecule has 0 aliphatic carbocycles. The standard InChI is InChI=1S/C23H27ClN8O6/c1-25-13(33)9-31-20(35)16(18(27-3)29-22(31)37)15(11-5-7-12(24)8-6-11)17-19(28-4)30-23(38)32(21(17)36)10-14(34)26-2/h5-8,15-17H,9-10H2,1-4H3,(H,25,33)(H,26,34)(H,27,29,37)(H,28,30,38). The second-order valence-electron chi connectivity index (χ2n) is 8.31. The van der Waals surface area contributed by atoms with Crippen molar-refractivity contribution in [1.29, 1.82) is 0 Å². The number of likely N-dealkylation sites (N-methyl/N-ethyl adjacent to an activating group) is 2. The number of amidine groups is 2. The Labute approximate surface area is 222 Å². The fourth-order valence-electron chi connectivity index (χ4n) is 4.32. The second-order valence-corrected chi connectivity index (χ2v) is 8.74. The van der Waals surface area contributed by atoms with Crippen molar-refractivity contribution < 1.29 is 28.8 Å². The van der Waals surface area contributed by atoms with Crippen LogP contribution < -0.4 is 21.3 Å². The van der Waals surface area contributed by atoms with Crippen LogP contribution >= 0.6 is 11.6 Å². The van der Waals surface area contributed by atoms with E-state index in [4.69, 9.17) is 11.6 Å². The molecule has 0 aromatic heterocycles. The van der Waals surface area contributed by atoms with E-state index in [0.717, 1.165) is 9.80 Å². The lowest BCUT2D eigenvalue weighted by Gasteiger charge is -2.41. The Kier molecular flexibility index (Phi) is 8.78. The maximum atomic E-state index is 13.8. The summed E-state index contributed by atoms with van der Waals surface area (Å²) in [5, 5.41) is 10.2. The number of carbonyl (C=O) groups excluding carboxylic acids is 6. The number of hydrogen-bond acceptors (Lipinski definition) is 8. The third kappa shape index (κ3) is 5.49. The van der Waals surface area contributed by atoms with Crippen LogP contribution in [0.4, 0.5) is 9.59 Å². The first kappa shape index (κ1) is 28.2. The Morgan fingerprint density at radius 3 is 1.58 bits per heavy atom. The molecule has 0 spiro atoms. The zero-order chi connectivity index (χ0) is 28.1. The van der Waals surface area contributed by atoms with Crippen LogP contribution in [0.3, 0.4) is 0 Å². The van der Waals surface area contributed by atoms with Crippen molar-refractivity contribution in [3.05, 3.63) is 34.9 Å². The monoisotopic (exact) mass is 546 g/mol. The van der Waals surface area contributed by atoms with Crippen LogP contribution in [0.2, 0.25) is 5.02 Å². The smallest absolute Gasteiger partial charge is 0.329 e. The molecule has 2 unspecified atom stereocenters. The molecule has 1 aromatic rings. The molecule has 2 saturated heterocycles. The van der Waals surface area contributed by atoms with Crippen molar-refractivity contribution in [3.8, 4) is 0 Å². The number of halogens is 1. The van der Waals surface area contributed by atoms with Crippen molar-refractivity contribution in [2.75, 3.05) is 41.3 Å². The molecule has 2 aliphatic heterocycles. The summed E-state index contributed by atoms with van der Waals surface area (Å²) in [4.78, 5) is 86.8. The molecule has 2 atom stereocenters. The molecule has 8 amide bonds. The summed E-state index contributed by atoms with van der Waals surface area (Å²) in [6.07, 6.45) is 0. The van der Waals surface area contributed by atoms with E-state index < -0.39 is 66.5 Å². The molecule has 2 aliphatic rings. The van der Waals surface area contributed by atoms with Gasteiger partial charge in [0.05, 0.1) is 0 Å². The minimum atomic E-state index is -1.29. The first-order valence-corrected chi connectivity index (χ1v) is 11.8. The van der Waals surface area contributed by atoms with Crippen LogP contribution in [0.25, 0.3) is 0 Å². The van der Waals surface area contributed by atoms with Gasteiger partial charge in [0.2, 0.25) is 23.6 Å². The third-order valence-electron chi connectivity index (χ3n) is 6.23. The average molecular weight is 547 g/mol. The molecule has 2 fully saturated rings. The van der Waals surface area contributed by atoms with E-state index in [-0.39, 0.29) is 11.7 Å². The lowest BCUT2D eigenvalue weighted by molar-refractivity contribution is -0.138. The molecule has 38 heavy (non-hydrogen) atoms. The van der Waals surface area contributed by atoms with Gasteiger partial charge in [0.25, 0.3) is 0 Å². The van der Waals surface area contributed by atoms with Crippen molar-refractivity contribution in [1.82, 2.24) is 31.1 Å². The summed E-state index contributed by atoms with van der Waals surface area (Å²) < 4.78 is 0. The van der Waals surface area contributed by atoms with Crippen molar-refractivity contribution in [2.24, 2.45) is 21.8 Å². The minimum Gasteiger partial charge on any atom is -0.358 e. The van der Waals surface area contributed by atoms with Crippen molar-refractivity contribution in [3.63, 3.8) is 0 Å². The van der Waals surface area contributed by atoms with E-state index in [9.17, 15) is 28.8 Å². The molecular weight excluding hydrogens is 520 g/mol. The number of nitrogens with one attached hydrogen (secondary N) is 4. The SMILES string of the molecule is CN=C1NC(=O)N(CC(=O)NC)C(=O)C1C(c1ccc(Cl)cc1)C1C(=O)N(CC(=O)NC)C(=O)NC1=NC. The van der Waals surface area contributed by atoms with E-state index in [1.165, 1.54) is 28.2 Å². The predicted molar refractivity (Wildman–Crippen MR) is 137 cm³/mol. The lowest BCUT2D eigenvalue weighted by Crippen LogP contribution is -2.65. The summed E-state index contributed by atoms with van der Waals surface area (Å²) in [6.45, 7) is -1.15.